The Kier molecular flexibility index (Phi) is 4.22. The number of hydrogen-bond donors (Lipinski definition) is 1. The van der Waals surface area contributed by atoms with E-state index in [0.29, 0.717) is 20.4 Å². The van der Waals surface area contributed by atoms with E-state index in [2.05, 4.69) is 0 Å². The van der Waals surface area contributed by atoms with E-state index in [4.69, 9.17) is 11.6 Å². The lowest BCUT2D eigenvalue weighted by Gasteiger charge is -2.09. The summed E-state index contributed by atoms with van der Waals surface area (Å²) < 4.78 is 25.9. The largest absolute Gasteiger partial charge is 0.392 e. The lowest BCUT2D eigenvalue weighted by atomic mass is 10.2. The van der Waals surface area contributed by atoms with Gasteiger partial charge >= 0.3 is 0 Å². The van der Waals surface area contributed by atoms with E-state index in [1.54, 1.807) is 18.2 Å². The van der Waals surface area contributed by atoms with Crippen LogP contribution in [0.25, 0.3) is 0 Å². The van der Waals surface area contributed by atoms with E-state index in [1.165, 1.54) is 17.8 Å². The van der Waals surface area contributed by atoms with Crippen LogP contribution in [0.5, 0.6) is 0 Å². The summed E-state index contributed by atoms with van der Waals surface area (Å²) in [5.41, 5.74) is 0.650. The Morgan fingerprint density at radius 2 is 1.89 bits per heavy atom. The quantitative estimate of drug-likeness (QED) is 0.910. The maximum Gasteiger partial charge on any atom is 0.159 e. The third-order valence-corrected chi connectivity index (χ3v) is 3.93. The second-order valence-corrected chi connectivity index (χ2v) is 5.06. The van der Waals surface area contributed by atoms with Crippen molar-refractivity contribution in [3.8, 4) is 0 Å². The number of benzene rings is 2. The van der Waals surface area contributed by atoms with Gasteiger partial charge in [0.2, 0.25) is 0 Å². The smallest absolute Gasteiger partial charge is 0.159 e. The Balaban J connectivity index is 2.36. The molecule has 0 saturated carbocycles. The van der Waals surface area contributed by atoms with Gasteiger partial charge in [0.15, 0.2) is 11.6 Å². The van der Waals surface area contributed by atoms with Gasteiger partial charge in [-0.15, -0.1) is 0 Å². The van der Waals surface area contributed by atoms with Crippen molar-refractivity contribution >= 4 is 23.4 Å². The molecule has 0 amide bonds. The van der Waals surface area contributed by atoms with Crippen LogP contribution < -0.4 is 0 Å². The van der Waals surface area contributed by atoms with Crippen LogP contribution >= 0.6 is 23.4 Å². The van der Waals surface area contributed by atoms with Crippen LogP contribution in [-0.4, -0.2) is 5.11 Å². The minimum Gasteiger partial charge on any atom is -0.392 e. The zero-order valence-corrected chi connectivity index (χ0v) is 10.7. The highest BCUT2D eigenvalue weighted by Crippen LogP contribution is 2.36. The Hall–Kier alpha value is -1.10. The van der Waals surface area contributed by atoms with Gasteiger partial charge in [-0.05, 0) is 29.8 Å². The molecule has 2 aromatic rings. The topological polar surface area (TPSA) is 20.2 Å². The van der Waals surface area contributed by atoms with Gasteiger partial charge in [-0.3, -0.25) is 0 Å². The Bertz CT molecular complexity index is 575. The fraction of sp³-hybridized carbons (Fsp3) is 0.0769. The lowest BCUT2D eigenvalue weighted by molar-refractivity contribution is 0.279. The van der Waals surface area contributed by atoms with Crippen LogP contribution in [0.15, 0.2) is 46.2 Å². The standard InChI is InChI=1S/C13H9ClF2OS/c14-10-3-1-2-8(7-17)13(10)18-9-4-5-11(15)12(16)6-9/h1-6,17H,7H2. The highest BCUT2D eigenvalue weighted by atomic mass is 35.5. The van der Waals surface area contributed by atoms with Crippen molar-refractivity contribution in [2.75, 3.05) is 0 Å². The number of hydrogen-bond acceptors (Lipinski definition) is 2. The summed E-state index contributed by atoms with van der Waals surface area (Å²) in [6.07, 6.45) is 0. The van der Waals surface area contributed by atoms with Crippen LogP contribution in [-0.2, 0) is 6.61 Å². The molecule has 5 heteroatoms. The highest BCUT2D eigenvalue weighted by molar-refractivity contribution is 7.99. The van der Waals surface area contributed by atoms with Gasteiger partial charge in [0.05, 0.1) is 11.6 Å². The van der Waals surface area contributed by atoms with E-state index in [9.17, 15) is 13.9 Å². The van der Waals surface area contributed by atoms with Crippen molar-refractivity contribution in [2.45, 2.75) is 16.4 Å². The molecule has 18 heavy (non-hydrogen) atoms. The molecule has 0 saturated heterocycles. The number of halogens is 3. The lowest BCUT2D eigenvalue weighted by Crippen LogP contribution is -1.89. The zero-order valence-electron chi connectivity index (χ0n) is 9.16. The van der Waals surface area contributed by atoms with Crippen LogP contribution in [0, 0.1) is 11.6 Å². The first-order valence-corrected chi connectivity index (χ1v) is 6.32. The van der Waals surface area contributed by atoms with Crippen molar-refractivity contribution in [3.63, 3.8) is 0 Å². The monoisotopic (exact) mass is 286 g/mol. The number of rotatable bonds is 3. The van der Waals surface area contributed by atoms with Crippen LogP contribution in [0.4, 0.5) is 8.78 Å². The molecule has 0 heterocycles. The summed E-state index contributed by atoms with van der Waals surface area (Å²) in [4.78, 5) is 1.17. The van der Waals surface area contributed by atoms with Gasteiger partial charge in [0, 0.05) is 9.79 Å². The molecule has 1 N–H and O–H groups in total. The van der Waals surface area contributed by atoms with Crippen molar-refractivity contribution in [2.24, 2.45) is 0 Å². The van der Waals surface area contributed by atoms with Gasteiger partial charge in [-0.2, -0.15) is 0 Å². The molecule has 0 aliphatic rings. The molecule has 0 atom stereocenters. The van der Waals surface area contributed by atoms with Gasteiger partial charge in [0.25, 0.3) is 0 Å². The summed E-state index contributed by atoms with van der Waals surface area (Å²) in [6, 6.07) is 8.77. The molecule has 0 aliphatic carbocycles. The van der Waals surface area contributed by atoms with Gasteiger partial charge in [0.1, 0.15) is 0 Å². The molecule has 1 nitrogen and oxygen atoms in total. The van der Waals surface area contributed by atoms with E-state index in [0.717, 1.165) is 12.1 Å². The van der Waals surface area contributed by atoms with Crippen LogP contribution in [0.1, 0.15) is 5.56 Å². The average Bonchev–Trinajstić information content (AvgIpc) is 2.36. The minimum absolute atomic E-state index is 0.160. The molecule has 0 unspecified atom stereocenters. The Morgan fingerprint density at radius 3 is 2.56 bits per heavy atom. The summed E-state index contributed by atoms with van der Waals surface area (Å²) in [5.74, 6) is -1.79. The molecule has 0 aromatic heterocycles. The first-order valence-electron chi connectivity index (χ1n) is 5.13. The van der Waals surface area contributed by atoms with Crippen LogP contribution in [0.2, 0.25) is 5.02 Å². The molecular formula is C13H9ClF2OS. The summed E-state index contributed by atoms with van der Waals surface area (Å²) >= 11 is 7.22. The first-order chi connectivity index (χ1) is 8.61. The van der Waals surface area contributed by atoms with Crippen molar-refractivity contribution in [3.05, 3.63) is 58.6 Å². The van der Waals surface area contributed by atoms with Gasteiger partial charge in [-0.25, -0.2) is 8.78 Å². The normalized spacial score (nSPS) is 10.7. The third kappa shape index (κ3) is 2.83. The summed E-state index contributed by atoms with van der Waals surface area (Å²) in [7, 11) is 0. The summed E-state index contributed by atoms with van der Waals surface area (Å²) in [6.45, 7) is -0.160. The maximum absolute atomic E-state index is 13.1. The first kappa shape index (κ1) is 13.3. The predicted octanol–water partition coefficient (Wildman–Crippen LogP) is 4.26. The Morgan fingerprint density at radius 1 is 1.11 bits per heavy atom. The second-order valence-electron chi connectivity index (χ2n) is 3.56. The SMILES string of the molecule is OCc1cccc(Cl)c1Sc1ccc(F)c(F)c1. The molecule has 0 radical (unpaired) electrons. The van der Waals surface area contributed by atoms with Crippen molar-refractivity contribution < 1.29 is 13.9 Å². The summed E-state index contributed by atoms with van der Waals surface area (Å²) in [5, 5.41) is 9.68. The predicted molar refractivity (Wildman–Crippen MR) is 67.9 cm³/mol. The van der Waals surface area contributed by atoms with E-state index in [1.807, 2.05) is 0 Å². The fourth-order valence-corrected chi connectivity index (χ4v) is 2.72. The molecule has 2 aromatic carbocycles. The van der Waals surface area contributed by atoms with E-state index < -0.39 is 11.6 Å². The molecule has 2 rings (SSSR count). The maximum atomic E-state index is 13.1. The number of aliphatic hydroxyl groups excluding tert-OH is 1. The van der Waals surface area contributed by atoms with Crippen molar-refractivity contribution in [1.29, 1.82) is 0 Å². The second kappa shape index (κ2) is 5.69. The molecular weight excluding hydrogens is 278 g/mol. The van der Waals surface area contributed by atoms with Gasteiger partial charge < -0.3 is 5.11 Å². The third-order valence-electron chi connectivity index (χ3n) is 2.33. The molecule has 0 aliphatic heterocycles. The highest BCUT2D eigenvalue weighted by Gasteiger charge is 2.10. The van der Waals surface area contributed by atoms with Crippen LogP contribution in [0.3, 0.4) is 0 Å². The average molecular weight is 287 g/mol. The minimum atomic E-state index is -0.905. The molecule has 0 fully saturated rings. The van der Waals surface area contributed by atoms with Crippen molar-refractivity contribution in [1.82, 2.24) is 0 Å². The zero-order chi connectivity index (χ0) is 13.1. The van der Waals surface area contributed by atoms with Gasteiger partial charge in [-0.1, -0.05) is 35.5 Å². The molecule has 0 bridgehead atoms. The molecule has 94 valence electrons. The molecule has 0 spiro atoms. The van der Waals surface area contributed by atoms with E-state index >= 15 is 0 Å². The number of aliphatic hydroxyl groups is 1. The van der Waals surface area contributed by atoms with E-state index in [-0.39, 0.29) is 6.61 Å². The Labute approximate surface area is 112 Å². The fourth-order valence-electron chi connectivity index (χ4n) is 1.45.